The molecule has 98 valence electrons. The fourth-order valence-corrected chi connectivity index (χ4v) is 1.85. The highest BCUT2D eigenvalue weighted by atomic mass is 16.5. The summed E-state index contributed by atoms with van der Waals surface area (Å²) >= 11 is 0. The lowest BCUT2D eigenvalue weighted by molar-refractivity contribution is -0.0133. The molecule has 3 nitrogen and oxygen atoms in total. The maximum absolute atomic E-state index is 5.86. The van der Waals surface area contributed by atoms with Crippen molar-refractivity contribution in [2.45, 2.75) is 58.6 Å². The second kappa shape index (κ2) is 11.4. The molecule has 0 saturated carbocycles. The van der Waals surface area contributed by atoms with Crippen molar-refractivity contribution in [1.29, 1.82) is 0 Å². The Morgan fingerprint density at radius 3 is 2.25 bits per heavy atom. The largest absolute Gasteiger partial charge is 0.379 e. The zero-order valence-corrected chi connectivity index (χ0v) is 11.4. The molecule has 0 amide bonds. The van der Waals surface area contributed by atoms with Crippen LogP contribution < -0.4 is 5.32 Å². The number of rotatable bonds is 11. The molecule has 0 rings (SSSR count). The molecule has 0 aliphatic rings. The van der Waals surface area contributed by atoms with Crippen molar-refractivity contribution in [3.05, 3.63) is 0 Å². The molecule has 0 radical (unpaired) electrons. The van der Waals surface area contributed by atoms with Crippen molar-refractivity contribution in [3.8, 4) is 0 Å². The van der Waals surface area contributed by atoms with Gasteiger partial charge in [0, 0.05) is 12.6 Å². The molecule has 2 unspecified atom stereocenters. The van der Waals surface area contributed by atoms with E-state index in [1.807, 2.05) is 7.05 Å². The highest BCUT2D eigenvalue weighted by molar-refractivity contribution is 4.74. The van der Waals surface area contributed by atoms with Crippen LogP contribution in [0, 0.1) is 0 Å². The van der Waals surface area contributed by atoms with Crippen molar-refractivity contribution in [3.63, 3.8) is 0 Å². The summed E-state index contributed by atoms with van der Waals surface area (Å²) in [7, 11) is 2.01. The Morgan fingerprint density at radius 1 is 1.00 bits per heavy atom. The molecule has 0 bridgehead atoms. The van der Waals surface area contributed by atoms with Gasteiger partial charge >= 0.3 is 0 Å². The highest BCUT2D eigenvalue weighted by Gasteiger charge is 2.17. The van der Waals surface area contributed by atoms with Crippen LogP contribution in [0.4, 0.5) is 0 Å². The van der Waals surface area contributed by atoms with Crippen LogP contribution in [0.3, 0.4) is 0 Å². The van der Waals surface area contributed by atoms with Gasteiger partial charge in [-0.25, -0.2) is 0 Å². The minimum atomic E-state index is 0.315. The molecule has 0 spiro atoms. The number of likely N-dealkylation sites (N-methyl/N-ethyl adjacent to an activating group) is 1. The molecule has 0 aliphatic carbocycles. The van der Waals surface area contributed by atoms with E-state index in [0.717, 1.165) is 19.4 Å². The first kappa shape index (κ1) is 15.9. The summed E-state index contributed by atoms with van der Waals surface area (Å²) < 4.78 is 11.3. The lowest BCUT2D eigenvalue weighted by Gasteiger charge is -2.25. The zero-order valence-electron chi connectivity index (χ0n) is 11.4. The van der Waals surface area contributed by atoms with Gasteiger partial charge in [0.2, 0.25) is 0 Å². The molecule has 0 aromatic carbocycles. The van der Waals surface area contributed by atoms with Crippen LogP contribution in [-0.4, -0.2) is 39.0 Å². The molecule has 0 fully saturated rings. The van der Waals surface area contributed by atoms with Crippen LogP contribution in [0.25, 0.3) is 0 Å². The van der Waals surface area contributed by atoms with Gasteiger partial charge in [0.15, 0.2) is 0 Å². The van der Waals surface area contributed by atoms with E-state index in [4.69, 9.17) is 9.47 Å². The third-order valence-electron chi connectivity index (χ3n) is 2.73. The van der Waals surface area contributed by atoms with Gasteiger partial charge in [0.25, 0.3) is 0 Å². The van der Waals surface area contributed by atoms with Gasteiger partial charge < -0.3 is 14.8 Å². The Hall–Kier alpha value is -0.120. The molecule has 2 atom stereocenters. The Kier molecular flexibility index (Phi) is 11.3. The molecular weight excluding hydrogens is 202 g/mol. The van der Waals surface area contributed by atoms with Crippen molar-refractivity contribution in [2.75, 3.05) is 26.9 Å². The summed E-state index contributed by atoms with van der Waals surface area (Å²) in [6, 6.07) is 0.473. The van der Waals surface area contributed by atoms with Crippen molar-refractivity contribution >= 4 is 0 Å². The first-order valence-electron chi connectivity index (χ1n) is 6.66. The van der Waals surface area contributed by atoms with Gasteiger partial charge in [0.1, 0.15) is 0 Å². The summed E-state index contributed by atoms with van der Waals surface area (Å²) in [5, 5.41) is 3.34. The quantitative estimate of drug-likeness (QED) is 0.554. The van der Waals surface area contributed by atoms with Gasteiger partial charge in [-0.05, 0) is 26.3 Å². The number of hydrogen-bond donors (Lipinski definition) is 1. The van der Waals surface area contributed by atoms with E-state index in [0.29, 0.717) is 25.4 Å². The summed E-state index contributed by atoms with van der Waals surface area (Å²) in [6.45, 7) is 8.77. The second-order valence-corrected chi connectivity index (χ2v) is 4.11. The third-order valence-corrected chi connectivity index (χ3v) is 2.73. The fourth-order valence-electron chi connectivity index (χ4n) is 1.85. The Labute approximate surface area is 101 Å². The summed E-state index contributed by atoms with van der Waals surface area (Å²) in [5.74, 6) is 0. The average Bonchev–Trinajstić information content (AvgIpc) is 2.31. The SMILES string of the molecule is CCCOCCOC(CC)C(CCC)NC. The van der Waals surface area contributed by atoms with Gasteiger partial charge in [-0.1, -0.05) is 27.2 Å². The van der Waals surface area contributed by atoms with E-state index in [9.17, 15) is 0 Å². The van der Waals surface area contributed by atoms with Crippen LogP contribution in [0.2, 0.25) is 0 Å². The number of ether oxygens (including phenoxy) is 2. The lowest BCUT2D eigenvalue weighted by atomic mass is 10.0. The van der Waals surface area contributed by atoms with Crippen molar-refractivity contribution < 1.29 is 9.47 Å². The first-order chi connectivity index (χ1) is 7.79. The van der Waals surface area contributed by atoms with Gasteiger partial charge in [-0.15, -0.1) is 0 Å². The maximum atomic E-state index is 5.86. The minimum Gasteiger partial charge on any atom is -0.379 e. The third kappa shape index (κ3) is 7.20. The zero-order chi connectivity index (χ0) is 12.2. The van der Waals surface area contributed by atoms with Crippen molar-refractivity contribution in [2.24, 2.45) is 0 Å². The van der Waals surface area contributed by atoms with Gasteiger partial charge in [0.05, 0.1) is 19.3 Å². The molecule has 16 heavy (non-hydrogen) atoms. The van der Waals surface area contributed by atoms with E-state index < -0.39 is 0 Å². The second-order valence-electron chi connectivity index (χ2n) is 4.11. The minimum absolute atomic E-state index is 0.315. The Morgan fingerprint density at radius 2 is 1.75 bits per heavy atom. The molecule has 0 aliphatic heterocycles. The molecular formula is C13H29NO2. The number of hydrogen-bond acceptors (Lipinski definition) is 3. The number of nitrogens with one attached hydrogen (secondary N) is 1. The monoisotopic (exact) mass is 231 g/mol. The molecule has 1 N–H and O–H groups in total. The fraction of sp³-hybridized carbons (Fsp3) is 1.00. The standard InChI is InChI=1S/C13H29NO2/c1-5-8-12(14-4)13(7-3)16-11-10-15-9-6-2/h12-14H,5-11H2,1-4H3. The van der Waals surface area contributed by atoms with E-state index >= 15 is 0 Å². The predicted octanol–water partition coefficient (Wildman–Crippen LogP) is 2.60. The topological polar surface area (TPSA) is 30.5 Å². The predicted molar refractivity (Wildman–Crippen MR) is 68.9 cm³/mol. The first-order valence-corrected chi connectivity index (χ1v) is 6.66. The Balaban J connectivity index is 3.70. The molecule has 0 heterocycles. The highest BCUT2D eigenvalue weighted by Crippen LogP contribution is 2.09. The molecule has 0 saturated heterocycles. The average molecular weight is 231 g/mol. The van der Waals surface area contributed by atoms with Crippen molar-refractivity contribution in [1.82, 2.24) is 5.32 Å². The van der Waals surface area contributed by atoms with Crippen LogP contribution >= 0.6 is 0 Å². The maximum Gasteiger partial charge on any atom is 0.0726 e. The smallest absolute Gasteiger partial charge is 0.0726 e. The summed E-state index contributed by atoms with van der Waals surface area (Å²) in [4.78, 5) is 0. The Bertz CT molecular complexity index is 142. The molecule has 0 aromatic heterocycles. The van der Waals surface area contributed by atoms with Crippen LogP contribution in [-0.2, 0) is 9.47 Å². The van der Waals surface area contributed by atoms with E-state index in [1.165, 1.54) is 12.8 Å². The van der Waals surface area contributed by atoms with Crippen LogP contribution in [0.15, 0.2) is 0 Å². The lowest BCUT2D eigenvalue weighted by Crippen LogP contribution is -2.39. The van der Waals surface area contributed by atoms with Gasteiger partial charge in [-0.2, -0.15) is 0 Å². The van der Waals surface area contributed by atoms with Crippen LogP contribution in [0.5, 0.6) is 0 Å². The van der Waals surface area contributed by atoms with Gasteiger partial charge in [-0.3, -0.25) is 0 Å². The van der Waals surface area contributed by atoms with E-state index in [-0.39, 0.29) is 0 Å². The van der Waals surface area contributed by atoms with E-state index in [2.05, 4.69) is 26.1 Å². The van der Waals surface area contributed by atoms with E-state index in [1.54, 1.807) is 0 Å². The van der Waals surface area contributed by atoms with Crippen LogP contribution in [0.1, 0.15) is 46.5 Å². The summed E-state index contributed by atoms with van der Waals surface area (Å²) in [6.07, 6.45) is 4.81. The normalized spacial score (nSPS) is 15.0. The summed E-state index contributed by atoms with van der Waals surface area (Å²) in [5.41, 5.74) is 0. The molecule has 0 aromatic rings. The molecule has 3 heteroatoms.